The Labute approximate surface area is 109 Å². The van der Waals surface area contributed by atoms with Gasteiger partial charge < -0.3 is 5.32 Å². The Kier molecular flexibility index (Phi) is 4.48. The Hall–Kier alpha value is -0.970. The van der Waals surface area contributed by atoms with E-state index in [2.05, 4.69) is 29.3 Å². The Morgan fingerprint density at radius 2 is 2.06 bits per heavy atom. The van der Waals surface area contributed by atoms with E-state index in [1.807, 2.05) is 19.1 Å². The van der Waals surface area contributed by atoms with Crippen molar-refractivity contribution in [3.05, 3.63) is 34.9 Å². The highest BCUT2D eigenvalue weighted by molar-refractivity contribution is 6.30. The zero-order valence-electron chi connectivity index (χ0n) is 10.2. The van der Waals surface area contributed by atoms with Crippen molar-refractivity contribution >= 4 is 11.6 Å². The van der Waals surface area contributed by atoms with Crippen LogP contribution in [0.5, 0.6) is 0 Å². The molecule has 0 saturated heterocycles. The minimum absolute atomic E-state index is 0.478. The van der Waals surface area contributed by atoms with Crippen LogP contribution in [0.25, 0.3) is 0 Å². The van der Waals surface area contributed by atoms with E-state index in [9.17, 15) is 0 Å². The monoisotopic (exact) mass is 247 g/mol. The first-order chi connectivity index (χ1) is 8.31. The normalized spacial score (nSPS) is 16.1. The third kappa shape index (κ3) is 3.77. The van der Waals surface area contributed by atoms with E-state index in [-0.39, 0.29) is 0 Å². The number of benzene rings is 1. The van der Waals surface area contributed by atoms with Gasteiger partial charge in [-0.3, -0.25) is 0 Å². The molecule has 0 aromatic heterocycles. The molecular weight excluding hydrogens is 230 g/mol. The fourth-order valence-corrected chi connectivity index (χ4v) is 2.20. The molecule has 0 spiro atoms. The SMILES string of the molecule is CC#CCCNC(c1ccc(Cl)cc1)C1CC1. The lowest BCUT2D eigenvalue weighted by molar-refractivity contribution is 0.488. The minimum Gasteiger partial charge on any atom is -0.309 e. The predicted octanol–water partition coefficient (Wildman–Crippen LogP) is 3.79. The van der Waals surface area contributed by atoms with Crippen LogP contribution in [0.1, 0.15) is 37.8 Å². The lowest BCUT2D eigenvalue weighted by atomic mass is 10.0. The molecule has 1 aromatic rings. The molecule has 2 rings (SSSR count). The Morgan fingerprint density at radius 1 is 1.35 bits per heavy atom. The van der Waals surface area contributed by atoms with E-state index in [1.165, 1.54) is 18.4 Å². The molecule has 2 heteroatoms. The van der Waals surface area contributed by atoms with Gasteiger partial charge in [-0.25, -0.2) is 0 Å². The highest BCUT2D eigenvalue weighted by Crippen LogP contribution is 2.41. The van der Waals surface area contributed by atoms with Crippen molar-refractivity contribution in [2.24, 2.45) is 5.92 Å². The van der Waals surface area contributed by atoms with E-state index < -0.39 is 0 Å². The molecule has 0 amide bonds. The van der Waals surface area contributed by atoms with Gasteiger partial charge in [-0.05, 0) is 43.4 Å². The summed E-state index contributed by atoms with van der Waals surface area (Å²) in [6.45, 7) is 2.85. The second-order valence-corrected chi connectivity index (χ2v) is 4.93. The standard InChI is InChI=1S/C15H18ClN/c1-2-3-4-11-17-15(12-5-6-12)13-7-9-14(16)10-8-13/h7-10,12,15,17H,4-6,11H2,1H3. The van der Waals surface area contributed by atoms with Crippen molar-refractivity contribution in [1.82, 2.24) is 5.32 Å². The molecule has 0 radical (unpaired) electrons. The molecule has 1 aliphatic carbocycles. The Balaban J connectivity index is 1.96. The van der Waals surface area contributed by atoms with Gasteiger partial charge >= 0.3 is 0 Å². The molecule has 1 N–H and O–H groups in total. The minimum atomic E-state index is 0.478. The average molecular weight is 248 g/mol. The molecule has 1 saturated carbocycles. The molecule has 17 heavy (non-hydrogen) atoms. The maximum Gasteiger partial charge on any atom is 0.0406 e. The number of nitrogens with one attached hydrogen (secondary N) is 1. The van der Waals surface area contributed by atoms with Crippen LogP contribution >= 0.6 is 11.6 Å². The van der Waals surface area contributed by atoms with Gasteiger partial charge in [0, 0.05) is 24.0 Å². The van der Waals surface area contributed by atoms with Crippen LogP contribution in [-0.2, 0) is 0 Å². The van der Waals surface area contributed by atoms with Crippen molar-refractivity contribution in [2.45, 2.75) is 32.2 Å². The lowest BCUT2D eigenvalue weighted by Crippen LogP contribution is -2.23. The van der Waals surface area contributed by atoms with Gasteiger partial charge in [-0.2, -0.15) is 0 Å². The number of hydrogen-bond donors (Lipinski definition) is 1. The molecule has 0 heterocycles. The maximum atomic E-state index is 5.92. The van der Waals surface area contributed by atoms with Crippen LogP contribution in [-0.4, -0.2) is 6.54 Å². The summed E-state index contributed by atoms with van der Waals surface area (Å²) in [5.74, 6) is 6.81. The van der Waals surface area contributed by atoms with Crippen LogP contribution in [0, 0.1) is 17.8 Å². The van der Waals surface area contributed by atoms with Crippen LogP contribution in [0.15, 0.2) is 24.3 Å². The summed E-state index contributed by atoms with van der Waals surface area (Å²) in [5, 5.41) is 4.41. The third-order valence-corrected chi connectivity index (χ3v) is 3.37. The van der Waals surface area contributed by atoms with Crippen LogP contribution < -0.4 is 5.32 Å². The molecule has 1 aliphatic rings. The summed E-state index contributed by atoms with van der Waals surface area (Å²) in [5.41, 5.74) is 1.35. The summed E-state index contributed by atoms with van der Waals surface area (Å²) in [6, 6.07) is 8.68. The second-order valence-electron chi connectivity index (χ2n) is 4.50. The van der Waals surface area contributed by atoms with Crippen molar-refractivity contribution < 1.29 is 0 Å². The second kappa shape index (κ2) is 6.10. The van der Waals surface area contributed by atoms with E-state index in [0.717, 1.165) is 23.9 Å². The van der Waals surface area contributed by atoms with Crippen molar-refractivity contribution in [1.29, 1.82) is 0 Å². The van der Waals surface area contributed by atoms with Gasteiger partial charge in [0.2, 0.25) is 0 Å². The molecule has 0 bridgehead atoms. The zero-order valence-corrected chi connectivity index (χ0v) is 10.9. The fourth-order valence-electron chi connectivity index (χ4n) is 2.07. The smallest absolute Gasteiger partial charge is 0.0406 e. The lowest BCUT2D eigenvalue weighted by Gasteiger charge is -2.18. The summed E-state index contributed by atoms with van der Waals surface area (Å²) >= 11 is 5.92. The molecule has 1 aromatic carbocycles. The fraction of sp³-hybridized carbons (Fsp3) is 0.467. The Morgan fingerprint density at radius 3 is 2.65 bits per heavy atom. The summed E-state index contributed by atoms with van der Waals surface area (Å²) in [4.78, 5) is 0. The van der Waals surface area contributed by atoms with Gasteiger partial charge in [-0.1, -0.05) is 23.7 Å². The van der Waals surface area contributed by atoms with Gasteiger partial charge in [0.05, 0.1) is 0 Å². The van der Waals surface area contributed by atoms with E-state index >= 15 is 0 Å². The molecule has 1 unspecified atom stereocenters. The molecule has 1 fully saturated rings. The van der Waals surface area contributed by atoms with Crippen molar-refractivity contribution in [3.8, 4) is 11.8 Å². The quantitative estimate of drug-likeness (QED) is 0.617. The van der Waals surface area contributed by atoms with Crippen LogP contribution in [0.4, 0.5) is 0 Å². The van der Waals surface area contributed by atoms with Crippen molar-refractivity contribution in [3.63, 3.8) is 0 Å². The van der Waals surface area contributed by atoms with Gasteiger partial charge in [0.25, 0.3) is 0 Å². The first kappa shape index (κ1) is 12.5. The van der Waals surface area contributed by atoms with E-state index in [4.69, 9.17) is 11.6 Å². The summed E-state index contributed by atoms with van der Waals surface area (Å²) in [7, 11) is 0. The van der Waals surface area contributed by atoms with Crippen LogP contribution in [0.3, 0.4) is 0 Å². The highest BCUT2D eigenvalue weighted by atomic mass is 35.5. The third-order valence-electron chi connectivity index (χ3n) is 3.11. The zero-order chi connectivity index (χ0) is 12.1. The molecule has 0 aliphatic heterocycles. The maximum absolute atomic E-state index is 5.92. The largest absolute Gasteiger partial charge is 0.309 e. The topological polar surface area (TPSA) is 12.0 Å². The molecule has 90 valence electrons. The molecule has 1 atom stereocenters. The average Bonchev–Trinajstić information content (AvgIpc) is 3.15. The summed E-state index contributed by atoms with van der Waals surface area (Å²) < 4.78 is 0. The molecule has 1 nitrogen and oxygen atoms in total. The predicted molar refractivity (Wildman–Crippen MR) is 73.0 cm³/mol. The van der Waals surface area contributed by atoms with Crippen LogP contribution in [0.2, 0.25) is 5.02 Å². The Bertz CT molecular complexity index is 409. The number of hydrogen-bond acceptors (Lipinski definition) is 1. The van der Waals surface area contributed by atoms with Gasteiger partial charge in [0.1, 0.15) is 0 Å². The number of halogens is 1. The summed E-state index contributed by atoms with van der Waals surface area (Å²) in [6.07, 6.45) is 3.59. The molecular formula is C15H18ClN. The van der Waals surface area contributed by atoms with Gasteiger partial charge in [0.15, 0.2) is 0 Å². The first-order valence-electron chi connectivity index (χ1n) is 6.19. The highest BCUT2D eigenvalue weighted by Gasteiger charge is 2.31. The van der Waals surface area contributed by atoms with E-state index in [0.29, 0.717) is 6.04 Å². The number of rotatable bonds is 5. The van der Waals surface area contributed by atoms with E-state index in [1.54, 1.807) is 0 Å². The first-order valence-corrected chi connectivity index (χ1v) is 6.57. The van der Waals surface area contributed by atoms with Crippen molar-refractivity contribution in [2.75, 3.05) is 6.54 Å². The van der Waals surface area contributed by atoms with Gasteiger partial charge in [-0.15, -0.1) is 11.8 Å².